The van der Waals surface area contributed by atoms with Gasteiger partial charge in [-0.05, 0) is 64.5 Å². The van der Waals surface area contributed by atoms with Crippen molar-refractivity contribution < 1.29 is 23.1 Å². The number of anilines is 2. The van der Waals surface area contributed by atoms with Crippen molar-refractivity contribution >= 4 is 28.2 Å². The molecule has 1 heterocycles. The molecule has 0 bridgehead atoms. The summed E-state index contributed by atoms with van der Waals surface area (Å²) >= 11 is 0. The second kappa shape index (κ2) is 8.32. The lowest BCUT2D eigenvalue weighted by molar-refractivity contribution is -0.137. The van der Waals surface area contributed by atoms with Crippen molar-refractivity contribution in [3.8, 4) is 11.1 Å². The molecule has 0 saturated heterocycles. The van der Waals surface area contributed by atoms with Gasteiger partial charge in [0, 0.05) is 17.3 Å². The minimum Gasteiger partial charge on any atom is -0.383 e. The van der Waals surface area contributed by atoms with Gasteiger partial charge < -0.3 is 16.2 Å². The number of halogens is 3. The lowest BCUT2D eigenvalue weighted by Gasteiger charge is -2.14. The van der Waals surface area contributed by atoms with Gasteiger partial charge in [0.1, 0.15) is 5.82 Å². The van der Waals surface area contributed by atoms with Gasteiger partial charge in [-0.3, -0.25) is 4.79 Å². The van der Waals surface area contributed by atoms with Crippen LogP contribution in [-0.2, 0) is 11.0 Å². The Kier molecular flexibility index (Phi) is 5.54. The number of alkyl halides is 3. The third-order valence-corrected chi connectivity index (χ3v) is 5.06. The van der Waals surface area contributed by atoms with E-state index in [1.54, 1.807) is 54.7 Å². The highest BCUT2D eigenvalue weighted by Crippen LogP contribution is 2.32. The number of aliphatic hydroxyl groups is 1. The van der Waals surface area contributed by atoms with Crippen LogP contribution >= 0.6 is 0 Å². The first-order valence-corrected chi connectivity index (χ1v) is 9.63. The standard InChI is InChI=1S/C24H18F3N3O2/c25-24(26,27)18-6-4-14(5-7-18)15-2-1-3-17(12-15)21(31)23(32)30-19-8-9-20-16(13-19)10-11-29-22(20)28/h1-13,21,31H,(H2,28,29)(H,30,32). The van der Waals surface area contributed by atoms with Crippen molar-refractivity contribution in [1.29, 1.82) is 0 Å². The zero-order valence-electron chi connectivity index (χ0n) is 16.6. The van der Waals surface area contributed by atoms with Crippen LogP contribution in [0.3, 0.4) is 0 Å². The number of rotatable bonds is 4. The van der Waals surface area contributed by atoms with E-state index in [2.05, 4.69) is 10.3 Å². The predicted octanol–water partition coefficient (Wildman–Crippen LogP) is 5.17. The zero-order chi connectivity index (χ0) is 22.9. The van der Waals surface area contributed by atoms with E-state index >= 15 is 0 Å². The van der Waals surface area contributed by atoms with Crippen LogP contribution in [0.15, 0.2) is 79.0 Å². The number of aromatic nitrogens is 1. The van der Waals surface area contributed by atoms with Gasteiger partial charge in [-0.1, -0.05) is 30.3 Å². The van der Waals surface area contributed by atoms with Crippen molar-refractivity contribution in [3.63, 3.8) is 0 Å². The van der Waals surface area contributed by atoms with Crippen LogP contribution in [0.4, 0.5) is 24.7 Å². The molecule has 4 rings (SSSR count). The largest absolute Gasteiger partial charge is 0.416 e. The molecule has 1 atom stereocenters. The lowest BCUT2D eigenvalue weighted by Crippen LogP contribution is -2.20. The Morgan fingerprint density at radius 1 is 0.969 bits per heavy atom. The smallest absolute Gasteiger partial charge is 0.383 e. The van der Waals surface area contributed by atoms with Gasteiger partial charge in [0.25, 0.3) is 5.91 Å². The Balaban J connectivity index is 1.53. The highest BCUT2D eigenvalue weighted by molar-refractivity contribution is 5.99. The number of benzene rings is 3. The molecule has 0 aliphatic heterocycles. The number of carbonyl (C=O) groups is 1. The lowest BCUT2D eigenvalue weighted by atomic mass is 9.99. The van der Waals surface area contributed by atoms with Crippen LogP contribution < -0.4 is 11.1 Å². The Morgan fingerprint density at radius 3 is 2.44 bits per heavy atom. The first-order valence-electron chi connectivity index (χ1n) is 9.63. The van der Waals surface area contributed by atoms with Gasteiger partial charge in [-0.2, -0.15) is 13.2 Å². The average Bonchev–Trinajstić information content (AvgIpc) is 2.78. The van der Waals surface area contributed by atoms with Crippen molar-refractivity contribution in [3.05, 3.63) is 90.1 Å². The van der Waals surface area contributed by atoms with E-state index in [1.165, 1.54) is 12.1 Å². The van der Waals surface area contributed by atoms with E-state index in [0.717, 1.165) is 22.9 Å². The van der Waals surface area contributed by atoms with Crippen LogP contribution in [-0.4, -0.2) is 16.0 Å². The molecule has 0 aliphatic carbocycles. The molecule has 5 nitrogen and oxygen atoms in total. The second-order valence-corrected chi connectivity index (χ2v) is 7.22. The summed E-state index contributed by atoms with van der Waals surface area (Å²) in [6.45, 7) is 0. The topological polar surface area (TPSA) is 88.2 Å². The summed E-state index contributed by atoms with van der Waals surface area (Å²) in [6, 6.07) is 18.0. The Labute approximate surface area is 181 Å². The van der Waals surface area contributed by atoms with Crippen molar-refractivity contribution in [1.82, 2.24) is 4.98 Å². The Morgan fingerprint density at radius 2 is 1.72 bits per heavy atom. The third-order valence-electron chi connectivity index (χ3n) is 5.06. The molecule has 162 valence electrons. The molecular formula is C24H18F3N3O2. The van der Waals surface area contributed by atoms with Gasteiger partial charge >= 0.3 is 6.18 Å². The molecule has 0 fully saturated rings. The van der Waals surface area contributed by atoms with Crippen LogP contribution in [0, 0.1) is 0 Å². The fourth-order valence-electron chi connectivity index (χ4n) is 3.38. The molecule has 1 amide bonds. The molecule has 0 aliphatic rings. The highest BCUT2D eigenvalue weighted by atomic mass is 19.4. The molecule has 0 saturated carbocycles. The number of hydrogen-bond donors (Lipinski definition) is 3. The van der Waals surface area contributed by atoms with Gasteiger partial charge in [0.2, 0.25) is 0 Å². The molecule has 1 aromatic heterocycles. The summed E-state index contributed by atoms with van der Waals surface area (Å²) in [5.41, 5.74) is 6.99. The van der Waals surface area contributed by atoms with Gasteiger partial charge in [0.05, 0.1) is 5.56 Å². The average molecular weight is 437 g/mol. The fourth-order valence-corrected chi connectivity index (χ4v) is 3.38. The molecule has 4 aromatic rings. The van der Waals surface area contributed by atoms with Crippen molar-refractivity contribution in [2.24, 2.45) is 0 Å². The summed E-state index contributed by atoms with van der Waals surface area (Å²) in [7, 11) is 0. The number of amides is 1. The number of aliphatic hydroxyl groups excluding tert-OH is 1. The Hall–Kier alpha value is -3.91. The van der Waals surface area contributed by atoms with Gasteiger partial charge in [0.15, 0.2) is 6.10 Å². The summed E-state index contributed by atoms with van der Waals surface area (Å²) in [5.74, 6) is -0.267. The summed E-state index contributed by atoms with van der Waals surface area (Å²) < 4.78 is 38.3. The SMILES string of the molecule is Nc1nccc2cc(NC(=O)C(O)c3cccc(-c4ccc(C(F)(F)F)cc4)c3)ccc12. The minimum absolute atomic E-state index is 0.314. The molecule has 3 aromatic carbocycles. The van der Waals surface area contributed by atoms with E-state index in [-0.39, 0.29) is 0 Å². The maximum Gasteiger partial charge on any atom is 0.416 e. The normalized spacial score (nSPS) is 12.5. The number of carbonyl (C=O) groups excluding carboxylic acids is 1. The predicted molar refractivity (Wildman–Crippen MR) is 117 cm³/mol. The van der Waals surface area contributed by atoms with Crippen molar-refractivity contribution in [2.45, 2.75) is 12.3 Å². The monoisotopic (exact) mass is 437 g/mol. The summed E-state index contributed by atoms with van der Waals surface area (Å²) in [6.07, 6.45) is -4.33. The van der Waals surface area contributed by atoms with Crippen LogP contribution in [0.2, 0.25) is 0 Å². The van der Waals surface area contributed by atoms with E-state index in [4.69, 9.17) is 5.73 Å². The molecule has 4 N–H and O–H groups in total. The van der Waals surface area contributed by atoms with E-state index in [0.29, 0.717) is 28.2 Å². The van der Waals surface area contributed by atoms with Gasteiger partial charge in [-0.25, -0.2) is 4.98 Å². The van der Waals surface area contributed by atoms with E-state index in [9.17, 15) is 23.1 Å². The van der Waals surface area contributed by atoms with Gasteiger partial charge in [-0.15, -0.1) is 0 Å². The maximum atomic E-state index is 12.8. The number of nitrogen functional groups attached to an aromatic ring is 1. The molecule has 0 radical (unpaired) electrons. The van der Waals surface area contributed by atoms with Crippen molar-refractivity contribution in [2.75, 3.05) is 11.1 Å². The number of nitrogens with zero attached hydrogens (tertiary/aromatic N) is 1. The highest BCUT2D eigenvalue weighted by Gasteiger charge is 2.30. The molecule has 32 heavy (non-hydrogen) atoms. The second-order valence-electron chi connectivity index (χ2n) is 7.22. The molecule has 8 heteroatoms. The number of hydrogen-bond acceptors (Lipinski definition) is 4. The summed E-state index contributed by atoms with van der Waals surface area (Å²) in [5, 5.41) is 14.7. The quantitative estimate of drug-likeness (QED) is 0.411. The van der Waals surface area contributed by atoms with Crippen LogP contribution in [0.1, 0.15) is 17.2 Å². The summed E-state index contributed by atoms with van der Waals surface area (Å²) in [4.78, 5) is 16.6. The molecule has 0 spiro atoms. The Bertz CT molecular complexity index is 1290. The third kappa shape index (κ3) is 4.40. The molecular weight excluding hydrogens is 419 g/mol. The fraction of sp³-hybridized carbons (Fsp3) is 0.0833. The molecule has 1 unspecified atom stereocenters. The zero-order valence-corrected chi connectivity index (χ0v) is 16.6. The van der Waals surface area contributed by atoms with E-state index < -0.39 is 23.8 Å². The van der Waals surface area contributed by atoms with E-state index in [1.807, 2.05) is 0 Å². The maximum absolute atomic E-state index is 12.8. The first kappa shape index (κ1) is 21.3. The first-order chi connectivity index (χ1) is 15.2. The minimum atomic E-state index is -4.42. The number of nitrogens with two attached hydrogens (primary N) is 1. The number of pyridine rings is 1. The number of nitrogens with one attached hydrogen (secondary N) is 1. The number of fused-ring (bicyclic) bond motifs is 1. The van der Waals surface area contributed by atoms with Crippen LogP contribution in [0.25, 0.3) is 21.9 Å². The van der Waals surface area contributed by atoms with Crippen LogP contribution in [0.5, 0.6) is 0 Å².